The van der Waals surface area contributed by atoms with Crippen molar-refractivity contribution in [3.05, 3.63) is 35.9 Å². The number of nitrogens with one attached hydrogen (secondary N) is 1. The van der Waals surface area contributed by atoms with Crippen LogP contribution in [0.3, 0.4) is 0 Å². The Labute approximate surface area is 166 Å². The van der Waals surface area contributed by atoms with E-state index >= 15 is 0 Å². The van der Waals surface area contributed by atoms with Gasteiger partial charge in [-0.15, -0.1) is 0 Å². The number of carbonyl (C=O) groups excluding carboxylic acids is 3. The van der Waals surface area contributed by atoms with E-state index in [0.29, 0.717) is 25.1 Å². The average molecular weight is 387 g/mol. The number of carbonyl (C=O) groups is 3. The fourth-order valence-corrected chi connectivity index (χ4v) is 3.84. The Balaban J connectivity index is 1.41. The van der Waals surface area contributed by atoms with E-state index in [9.17, 15) is 14.4 Å². The van der Waals surface area contributed by atoms with E-state index in [1.165, 1.54) is 0 Å². The van der Waals surface area contributed by atoms with Gasteiger partial charge in [-0.3, -0.25) is 19.3 Å². The van der Waals surface area contributed by atoms with E-state index in [0.717, 1.165) is 13.0 Å². The maximum absolute atomic E-state index is 12.3. The molecule has 0 unspecified atom stereocenters. The highest BCUT2D eigenvalue weighted by Gasteiger charge is 2.38. The van der Waals surface area contributed by atoms with Crippen molar-refractivity contribution in [3.63, 3.8) is 0 Å². The van der Waals surface area contributed by atoms with Crippen molar-refractivity contribution in [2.75, 3.05) is 33.8 Å². The van der Waals surface area contributed by atoms with Crippen molar-refractivity contribution in [2.45, 2.75) is 43.9 Å². The van der Waals surface area contributed by atoms with Gasteiger partial charge in [0.1, 0.15) is 0 Å². The lowest BCUT2D eigenvalue weighted by Gasteiger charge is -2.35. The lowest BCUT2D eigenvalue weighted by molar-refractivity contribution is -0.134. The molecule has 3 rings (SSSR count). The molecule has 2 amide bonds. The number of nitrogens with zero attached hydrogens (tertiary/aromatic N) is 2. The van der Waals surface area contributed by atoms with Crippen LogP contribution in [-0.2, 0) is 14.3 Å². The van der Waals surface area contributed by atoms with E-state index < -0.39 is 0 Å². The molecule has 0 bridgehead atoms. The molecular formula is C21H29N3O4. The SMILES string of the molecule is CN(C)C(=O)C[C@H]1CN2C[C@@H](NC(=O)CCC(=O)c3ccccc3)C[C@H]2CO1. The second-order valence-corrected chi connectivity index (χ2v) is 7.84. The Bertz CT molecular complexity index is 707. The zero-order valence-corrected chi connectivity index (χ0v) is 16.6. The van der Waals surface area contributed by atoms with Gasteiger partial charge in [0.05, 0.1) is 19.1 Å². The van der Waals surface area contributed by atoms with Crippen LogP contribution in [0.5, 0.6) is 0 Å². The number of amides is 2. The highest BCUT2D eigenvalue weighted by atomic mass is 16.5. The van der Waals surface area contributed by atoms with E-state index in [1.807, 2.05) is 18.2 Å². The summed E-state index contributed by atoms with van der Waals surface area (Å²) in [4.78, 5) is 40.2. The highest BCUT2D eigenvalue weighted by Crippen LogP contribution is 2.24. The maximum Gasteiger partial charge on any atom is 0.224 e. The Hall–Kier alpha value is -2.25. The highest BCUT2D eigenvalue weighted by molar-refractivity contribution is 5.97. The van der Waals surface area contributed by atoms with Gasteiger partial charge < -0.3 is 15.0 Å². The normalized spacial score (nSPS) is 24.4. The lowest BCUT2D eigenvalue weighted by atomic mass is 10.1. The van der Waals surface area contributed by atoms with Crippen LogP contribution in [0, 0.1) is 0 Å². The number of rotatable bonds is 7. The minimum atomic E-state index is -0.0934. The summed E-state index contributed by atoms with van der Waals surface area (Å²) in [6.45, 7) is 2.06. The minimum absolute atomic E-state index is 0.0126. The largest absolute Gasteiger partial charge is 0.375 e. The van der Waals surface area contributed by atoms with Gasteiger partial charge in [-0.25, -0.2) is 0 Å². The Kier molecular flexibility index (Phi) is 6.80. The first kappa shape index (κ1) is 20.5. The molecule has 1 aromatic carbocycles. The predicted molar refractivity (Wildman–Crippen MR) is 105 cm³/mol. The molecule has 152 valence electrons. The molecule has 2 aliphatic heterocycles. The molecule has 3 atom stereocenters. The summed E-state index contributed by atoms with van der Waals surface area (Å²) < 4.78 is 5.85. The minimum Gasteiger partial charge on any atom is -0.375 e. The van der Waals surface area contributed by atoms with E-state index in [-0.39, 0.29) is 48.6 Å². The molecule has 2 saturated heterocycles. The molecule has 1 aromatic rings. The van der Waals surface area contributed by atoms with Crippen molar-refractivity contribution in [2.24, 2.45) is 0 Å². The third kappa shape index (κ3) is 5.39. The second kappa shape index (κ2) is 9.30. The molecule has 0 aliphatic carbocycles. The van der Waals surface area contributed by atoms with Crippen LogP contribution in [0.1, 0.15) is 36.0 Å². The summed E-state index contributed by atoms with van der Waals surface area (Å²) >= 11 is 0. The molecule has 0 aromatic heterocycles. The third-order valence-electron chi connectivity index (χ3n) is 5.43. The number of hydrogen-bond donors (Lipinski definition) is 1. The summed E-state index contributed by atoms with van der Waals surface area (Å²) in [7, 11) is 3.50. The van der Waals surface area contributed by atoms with Crippen molar-refractivity contribution >= 4 is 17.6 Å². The number of Topliss-reactive ketones (excluding diaryl/α,β-unsaturated/α-hetero) is 1. The van der Waals surface area contributed by atoms with E-state index in [1.54, 1.807) is 31.1 Å². The molecule has 7 nitrogen and oxygen atoms in total. The number of benzene rings is 1. The monoisotopic (exact) mass is 387 g/mol. The van der Waals surface area contributed by atoms with E-state index in [4.69, 9.17) is 4.74 Å². The third-order valence-corrected chi connectivity index (χ3v) is 5.43. The summed E-state index contributed by atoms with van der Waals surface area (Å²) in [6, 6.07) is 9.40. The zero-order valence-electron chi connectivity index (χ0n) is 16.6. The molecule has 0 spiro atoms. The van der Waals surface area contributed by atoms with Gasteiger partial charge in [0.15, 0.2) is 5.78 Å². The average Bonchev–Trinajstić information content (AvgIpc) is 3.08. The predicted octanol–water partition coefficient (Wildman–Crippen LogP) is 1.09. The van der Waals surface area contributed by atoms with Crippen molar-refractivity contribution in [3.8, 4) is 0 Å². The summed E-state index contributed by atoms with van der Waals surface area (Å²) in [5.74, 6) is -0.0358. The number of fused-ring (bicyclic) bond motifs is 1. The molecule has 7 heteroatoms. The molecule has 2 fully saturated rings. The topological polar surface area (TPSA) is 79.0 Å². The van der Waals surface area contributed by atoms with Crippen molar-refractivity contribution in [1.82, 2.24) is 15.1 Å². The summed E-state index contributed by atoms with van der Waals surface area (Å²) in [6.07, 6.45) is 1.55. The Morgan fingerprint density at radius 2 is 1.89 bits per heavy atom. The van der Waals surface area contributed by atoms with Gasteiger partial charge in [0, 0.05) is 57.7 Å². The maximum atomic E-state index is 12.3. The van der Waals surface area contributed by atoms with Crippen molar-refractivity contribution in [1.29, 1.82) is 0 Å². The van der Waals surface area contributed by atoms with Crippen LogP contribution in [-0.4, -0.2) is 79.4 Å². The molecule has 2 heterocycles. The number of morpholine rings is 1. The molecular weight excluding hydrogens is 358 g/mol. The van der Waals surface area contributed by atoms with E-state index in [2.05, 4.69) is 10.2 Å². The van der Waals surface area contributed by atoms with Crippen molar-refractivity contribution < 1.29 is 19.1 Å². The summed E-state index contributed by atoms with van der Waals surface area (Å²) in [5, 5.41) is 3.05. The fourth-order valence-electron chi connectivity index (χ4n) is 3.84. The van der Waals surface area contributed by atoms with Crippen LogP contribution in [0.15, 0.2) is 30.3 Å². The van der Waals surface area contributed by atoms with Gasteiger partial charge in [0.25, 0.3) is 0 Å². The first-order valence-corrected chi connectivity index (χ1v) is 9.85. The van der Waals surface area contributed by atoms with Gasteiger partial charge in [-0.1, -0.05) is 30.3 Å². The Morgan fingerprint density at radius 3 is 2.61 bits per heavy atom. The fraction of sp³-hybridized carbons (Fsp3) is 0.571. The lowest BCUT2D eigenvalue weighted by Crippen LogP contribution is -2.47. The van der Waals surface area contributed by atoms with Crippen LogP contribution in [0.25, 0.3) is 0 Å². The number of hydrogen-bond acceptors (Lipinski definition) is 5. The smallest absolute Gasteiger partial charge is 0.224 e. The molecule has 0 radical (unpaired) electrons. The number of ether oxygens (including phenoxy) is 1. The Morgan fingerprint density at radius 1 is 1.14 bits per heavy atom. The first-order valence-electron chi connectivity index (χ1n) is 9.85. The zero-order chi connectivity index (χ0) is 20.1. The number of ketones is 1. The molecule has 0 saturated carbocycles. The molecule has 2 aliphatic rings. The van der Waals surface area contributed by atoms with Gasteiger partial charge in [-0.2, -0.15) is 0 Å². The van der Waals surface area contributed by atoms with Gasteiger partial charge >= 0.3 is 0 Å². The molecule has 1 N–H and O–H groups in total. The first-order chi connectivity index (χ1) is 13.4. The summed E-state index contributed by atoms with van der Waals surface area (Å²) in [5.41, 5.74) is 0.642. The van der Waals surface area contributed by atoms with Crippen LogP contribution < -0.4 is 5.32 Å². The van der Waals surface area contributed by atoms with Crippen LogP contribution in [0.2, 0.25) is 0 Å². The standard InChI is InChI=1S/C21H29N3O4/c1-23(2)21(27)11-18-13-24-12-16(10-17(24)14-28-18)22-20(26)9-8-19(25)15-6-4-3-5-7-15/h3-7,16-18H,8-14H2,1-2H3,(H,22,26)/t16-,17-,18-/m0/s1. The second-order valence-electron chi connectivity index (χ2n) is 7.84. The van der Waals surface area contributed by atoms with Gasteiger partial charge in [0.2, 0.25) is 11.8 Å². The molecule has 28 heavy (non-hydrogen) atoms. The van der Waals surface area contributed by atoms with Crippen LogP contribution in [0.4, 0.5) is 0 Å². The van der Waals surface area contributed by atoms with Crippen LogP contribution >= 0.6 is 0 Å². The quantitative estimate of drug-likeness (QED) is 0.709. The van der Waals surface area contributed by atoms with Gasteiger partial charge in [-0.05, 0) is 6.42 Å².